The standard InChI is InChI=1S/C12H13N/c1-3-12-11-7-5-4-6-10(11)9(2)8-13-12/h4-8H,3H2,1-2H3. The van der Waals surface area contributed by atoms with Gasteiger partial charge in [0.05, 0.1) is 0 Å². The summed E-state index contributed by atoms with van der Waals surface area (Å²) in [6.07, 6.45) is 2.96. The summed E-state index contributed by atoms with van der Waals surface area (Å²) in [4.78, 5) is 4.42. The van der Waals surface area contributed by atoms with Gasteiger partial charge >= 0.3 is 0 Å². The van der Waals surface area contributed by atoms with Gasteiger partial charge in [-0.15, -0.1) is 0 Å². The number of pyridine rings is 1. The van der Waals surface area contributed by atoms with E-state index in [1.807, 2.05) is 6.20 Å². The van der Waals surface area contributed by atoms with Crippen molar-refractivity contribution in [2.45, 2.75) is 20.3 Å². The van der Waals surface area contributed by atoms with Crippen LogP contribution in [0.1, 0.15) is 18.2 Å². The number of hydrogen-bond acceptors (Lipinski definition) is 1. The molecule has 1 heterocycles. The zero-order valence-corrected chi connectivity index (χ0v) is 8.04. The third-order valence-electron chi connectivity index (χ3n) is 2.41. The van der Waals surface area contributed by atoms with E-state index in [0.717, 1.165) is 6.42 Å². The van der Waals surface area contributed by atoms with E-state index in [2.05, 4.69) is 43.1 Å². The normalized spacial score (nSPS) is 10.6. The zero-order chi connectivity index (χ0) is 9.26. The van der Waals surface area contributed by atoms with Crippen LogP contribution in [0.25, 0.3) is 10.8 Å². The number of nitrogens with zero attached hydrogens (tertiary/aromatic N) is 1. The maximum absolute atomic E-state index is 4.42. The Bertz CT molecular complexity index is 432. The van der Waals surface area contributed by atoms with Gasteiger partial charge in [0.2, 0.25) is 0 Å². The molecule has 0 saturated heterocycles. The summed E-state index contributed by atoms with van der Waals surface area (Å²) in [5, 5.41) is 2.62. The first kappa shape index (κ1) is 8.24. The highest BCUT2D eigenvalue weighted by molar-refractivity contribution is 5.87. The van der Waals surface area contributed by atoms with Gasteiger partial charge in [-0.3, -0.25) is 4.98 Å². The molecule has 0 N–H and O–H groups in total. The SMILES string of the molecule is CCc1ncc(C)c2ccccc12. The Labute approximate surface area is 78.4 Å². The van der Waals surface area contributed by atoms with Crippen LogP contribution in [0.2, 0.25) is 0 Å². The van der Waals surface area contributed by atoms with Crippen molar-refractivity contribution in [1.82, 2.24) is 4.98 Å². The third-order valence-corrected chi connectivity index (χ3v) is 2.41. The van der Waals surface area contributed by atoms with Gasteiger partial charge in [0.15, 0.2) is 0 Å². The molecule has 1 heteroatoms. The molecular weight excluding hydrogens is 158 g/mol. The van der Waals surface area contributed by atoms with Crippen LogP contribution in [0, 0.1) is 6.92 Å². The van der Waals surface area contributed by atoms with Crippen molar-refractivity contribution in [3.8, 4) is 0 Å². The van der Waals surface area contributed by atoms with E-state index >= 15 is 0 Å². The predicted molar refractivity (Wildman–Crippen MR) is 55.9 cm³/mol. The van der Waals surface area contributed by atoms with Crippen molar-refractivity contribution in [1.29, 1.82) is 0 Å². The van der Waals surface area contributed by atoms with E-state index in [0.29, 0.717) is 0 Å². The maximum atomic E-state index is 4.42. The molecule has 1 aromatic heterocycles. The fourth-order valence-corrected chi connectivity index (χ4v) is 1.67. The molecule has 0 saturated carbocycles. The summed E-state index contributed by atoms with van der Waals surface area (Å²) in [5.74, 6) is 0. The quantitative estimate of drug-likeness (QED) is 0.642. The van der Waals surface area contributed by atoms with Crippen LogP contribution >= 0.6 is 0 Å². The van der Waals surface area contributed by atoms with Crippen molar-refractivity contribution in [3.05, 3.63) is 41.7 Å². The molecule has 0 aliphatic rings. The van der Waals surface area contributed by atoms with Crippen LogP contribution in [-0.4, -0.2) is 4.98 Å². The number of fused-ring (bicyclic) bond motifs is 1. The minimum atomic E-state index is 1.00. The first-order chi connectivity index (χ1) is 6.33. The lowest BCUT2D eigenvalue weighted by Crippen LogP contribution is -1.90. The lowest BCUT2D eigenvalue weighted by atomic mass is 10.1. The Morgan fingerprint density at radius 1 is 1.15 bits per heavy atom. The Balaban J connectivity index is 2.84. The van der Waals surface area contributed by atoms with Gasteiger partial charge < -0.3 is 0 Å². The van der Waals surface area contributed by atoms with E-state index in [1.54, 1.807) is 0 Å². The van der Waals surface area contributed by atoms with Crippen LogP contribution in [0.4, 0.5) is 0 Å². The third kappa shape index (κ3) is 1.31. The number of aromatic nitrogens is 1. The van der Waals surface area contributed by atoms with E-state index < -0.39 is 0 Å². The molecule has 0 bridgehead atoms. The first-order valence-electron chi connectivity index (χ1n) is 4.66. The van der Waals surface area contributed by atoms with Crippen LogP contribution < -0.4 is 0 Å². The molecule has 66 valence electrons. The highest BCUT2D eigenvalue weighted by Gasteiger charge is 2.01. The molecule has 0 radical (unpaired) electrons. The van der Waals surface area contributed by atoms with E-state index in [9.17, 15) is 0 Å². The van der Waals surface area contributed by atoms with Crippen molar-refractivity contribution >= 4 is 10.8 Å². The summed E-state index contributed by atoms with van der Waals surface area (Å²) in [6.45, 7) is 4.25. The summed E-state index contributed by atoms with van der Waals surface area (Å²) in [7, 11) is 0. The monoisotopic (exact) mass is 171 g/mol. The van der Waals surface area contributed by atoms with Crippen molar-refractivity contribution in [2.75, 3.05) is 0 Å². The van der Waals surface area contributed by atoms with Gasteiger partial charge in [0, 0.05) is 17.3 Å². The average molecular weight is 171 g/mol. The summed E-state index contributed by atoms with van der Waals surface area (Å²) in [6, 6.07) is 8.46. The van der Waals surface area contributed by atoms with Crippen LogP contribution in [-0.2, 0) is 6.42 Å². The van der Waals surface area contributed by atoms with Gasteiger partial charge in [0.1, 0.15) is 0 Å². The molecule has 2 aromatic rings. The molecule has 0 aliphatic carbocycles. The molecule has 0 spiro atoms. The second kappa shape index (κ2) is 3.17. The molecule has 2 rings (SSSR count). The molecule has 0 fully saturated rings. The minimum Gasteiger partial charge on any atom is -0.260 e. The first-order valence-corrected chi connectivity index (χ1v) is 4.66. The molecule has 1 aromatic carbocycles. The van der Waals surface area contributed by atoms with E-state index in [4.69, 9.17) is 0 Å². The van der Waals surface area contributed by atoms with Gasteiger partial charge in [-0.05, 0) is 24.3 Å². The summed E-state index contributed by atoms with van der Waals surface area (Å²) >= 11 is 0. The largest absolute Gasteiger partial charge is 0.260 e. The predicted octanol–water partition coefficient (Wildman–Crippen LogP) is 3.11. The fourth-order valence-electron chi connectivity index (χ4n) is 1.67. The Kier molecular flexibility index (Phi) is 2.01. The van der Waals surface area contributed by atoms with Crippen molar-refractivity contribution in [2.24, 2.45) is 0 Å². The van der Waals surface area contributed by atoms with Crippen LogP contribution in [0.3, 0.4) is 0 Å². The second-order valence-electron chi connectivity index (χ2n) is 3.29. The lowest BCUT2D eigenvalue weighted by molar-refractivity contribution is 1.05. The van der Waals surface area contributed by atoms with Gasteiger partial charge in [-0.1, -0.05) is 31.2 Å². The molecule has 0 unspecified atom stereocenters. The van der Waals surface area contributed by atoms with Crippen LogP contribution in [0.15, 0.2) is 30.5 Å². The van der Waals surface area contributed by atoms with Gasteiger partial charge in [-0.25, -0.2) is 0 Å². The summed E-state index contributed by atoms with van der Waals surface area (Å²) in [5.41, 5.74) is 2.45. The molecule has 0 aliphatic heterocycles. The number of rotatable bonds is 1. The molecule has 1 nitrogen and oxygen atoms in total. The Morgan fingerprint density at radius 3 is 2.54 bits per heavy atom. The van der Waals surface area contributed by atoms with Gasteiger partial charge in [0.25, 0.3) is 0 Å². The van der Waals surface area contributed by atoms with E-state index in [-0.39, 0.29) is 0 Å². The van der Waals surface area contributed by atoms with Gasteiger partial charge in [-0.2, -0.15) is 0 Å². The smallest absolute Gasteiger partial charge is 0.0479 e. The number of aryl methyl sites for hydroxylation is 2. The van der Waals surface area contributed by atoms with Crippen molar-refractivity contribution in [3.63, 3.8) is 0 Å². The lowest BCUT2D eigenvalue weighted by Gasteiger charge is -2.05. The second-order valence-corrected chi connectivity index (χ2v) is 3.29. The Morgan fingerprint density at radius 2 is 1.85 bits per heavy atom. The highest BCUT2D eigenvalue weighted by atomic mass is 14.7. The molecular formula is C12H13N. The highest BCUT2D eigenvalue weighted by Crippen LogP contribution is 2.20. The Hall–Kier alpha value is -1.37. The summed E-state index contributed by atoms with van der Waals surface area (Å²) < 4.78 is 0. The minimum absolute atomic E-state index is 1.00. The topological polar surface area (TPSA) is 12.9 Å². The molecule has 13 heavy (non-hydrogen) atoms. The zero-order valence-electron chi connectivity index (χ0n) is 8.04. The maximum Gasteiger partial charge on any atom is 0.0479 e. The van der Waals surface area contributed by atoms with E-state index in [1.165, 1.54) is 22.0 Å². The number of hydrogen-bond donors (Lipinski definition) is 0. The number of benzene rings is 1. The fraction of sp³-hybridized carbons (Fsp3) is 0.250. The van der Waals surface area contributed by atoms with Crippen LogP contribution in [0.5, 0.6) is 0 Å². The van der Waals surface area contributed by atoms with Crippen molar-refractivity contribution < 1.29 is 0 Å². The average Bonchev–Trinajstić information content (AvgIpc) is 2.19. The molecule has 0 amide bonds. The molecule has 0 atom stereocenters.